The number of aromatic nitrogens is 4. The molecule has 0 aliphatic carbocycles. The minimum absolute atomic E-state index is 0.260. The first-order valence-electron chi connectivity index (χ1n) is 8.00. The third-order valence-corrected chi connectivity index (χ3v) is 4.79. The molecule has 2 aromatic heterocycles. The second-order valence-corrected chi connectivity index (χ2v) is 6.27. The minimum atomic E-state index is -0.260. The van der Waals surface area contributed by atoms with E-state index in [0.717, 1.165) is 37.1 Å². The molecule has 120 valence electrons. The Kier molecular flexibility index (Phi) is 3.32. The van der Waals surface area contributed by atoms with Crippen LogP contribution in [0.1, 0.15) is 24.6 Å². The van der Waals surface area contributed by atoms with Gasteiger partial charge in [-0.2, -0.15) is 10.2 Å². The Morgan fingerprint density at radius 2 is 2.00 bits per heavy atom. The Hall–Kier alpha value is -2.37. The summed E-state index contributed by atoms with van der Waals surface area (Å²) in [5.74, 6) is -0.260. The van der Waals surface area contributed by atoms with Crippen LogP contribution in [0.3, 0.4) is 0 Å². The van der Waals surface area contributed by atoms with E-state index in [4.69, 9.17) is 0 Å². The maximum absolute atomic E-state index is 13.1. The summed E-state index contributed by atoms with van der Waals surface area (Å²) in [5, 5.41) is 9.79. The van der Waals surface area contributed by atoms with E-state index in [2.05, 4.69) is 33.3 Å². The lowest BCUT2D eigenvalue weighted by Gasteiger charge is -2.33. The maximum Gasteiger partial charge on any atom is 0.161 e. The monoisotopic (exact) mass is 313 g/mol. The van der Waals surface area contributed by atoms with E-state index in [-0.39, 0.29) is 5.82 Å². The van der Waals surface area contributed by atoms with Gasteiger partial charge >= 0.3 is 0 Å². The van der Waals surface area contributed by atoms with E-state index < -0.39 is 0 Å². The SMILES string of the molecule is Cc1nn(C)c2cc(N3CCC(n4cc(F)cn4)CC3)ccc12. The number of fused-ring (bicyclic) bond motifs is 1. The molecule has 0 saturated carbocycles. The van der Waals surface area contributed by atoms with Gasteiger partial charge in [-0.3, -0.25) is 9.36 Å². The van der Waals surface area contributed by atoms with Gasteiger partial charge in [0.25, 0.3) is 0 Å². The van der Waals surface area contributed by atoms with E-state index in [1.54, 1.807) is 4.68 Å². The number of hydrogen-bond donors (Lipinski definition) is 0. The Morgan fingerprint density at radius 3 is 2.70 bits per heavy atom. The molecule has 0 amide bonds. The smallest absolute Gasteiger partial charge is 0.161 e. The van der Waals surface area contributed by atoms with Crippen LogP contribution in [0.5, 0.6) is 0 Å². The van der Waals surface area contributed by atoms with Crippen LogP contribution in [0.15, 0.2) is 30.6 Å². The summed E-state index contributed by atoms with van der Waals surface area (Å²) < 4.78 is 16.8. The van der Waals surface area contributed by atoms with Crippen molar-refractivity contribution < 1.29 is 4.39 Å². The molecule has 1 aliphatic heterocycles. The van der Waals surface area contributed by atoms with Crippen LogP contribution >= 0.6 is 0 Å². The van der Waals surface area contributed by atoms with Gasteiger partial charge in [-0.25, -0.2) is 4.39 Å². The molecule has 0 radical (unpaired) electrons. The summed E-state index contributed by atoms with van der Waals surface area (Å²) in [4.78, 5) is 2.39. The first kappa shape index (κ1) is 14.2. The molecule has 1 fully saturated rings. The molecule has 6 heteroatoms. The number of aryl methyl sites for hydroxylation is 2. The van der Waals surface area contributed by atoms with Gasteiger partial charge < -0.3 is 4.90 Å². The van der Waals surface area contributed by atoms with Crippen LogP contribution in [-0.2, 0) is 7.05 Å². The van der Waals surface area contributed by atoms with Crippen LogP contribution in [0.25, 0.3) is 10.9 Å². The molecule has 1 saturated heterocycles. The summed E-state index contributed by atoms with van der Waals surface area (Å²) in [6, 6.07) is 6.83. The van der Waals surface area contributed by atoms with Gasteiger partial charge in [-0.1, -0.05) is 0 Å². The van der Waals surface area contributed by atoms with Gasteiger partial charge in [-0.05, 0) is 38.0 Å². The fraction of sp³-hybridized carbons (Fsp3) is 0.412. The van der Waals surface area contributed by atoms with Crippen molar-refractivity contribution in [3.63, 3.8) is 0 Å². The van der Waals surface area contributed by atoms with Gasteiger partial charge in [0.15, 0.2) is 5.82 Å². The number of halogens is 1. The van der Waals surface area contributed by atoms with E-state index in [9.17, 15) is 4.39 Å². The van der Waals surface area contributed by atoms with Gasteiger partial charge in [0.1, 0.15) is 0 Å². The zero-order valence-electron chi connectivity index (χ0n) is 13.4. The standard InChI is InChI=1S/C17H20FN5/c1-12-16-4-3-15(9-17(16)21(2)20-12)22-7-5-14(6-8-22)23-11-13(18)10-19-23/h3-4,9-11,14H,5-8H2,1-2H3. The van der Waals surface area contributed by atoms with Gasteiger partial charge in [-0.15, -0.1) is 0 Å². The van der Waals surface area contributed by atoms with Crippen LogP contribution in [0, 0.1) is 12.7 Å². The van der Waals surface area contributed by atoms with E-state index >= 15 is 0 Å². The van der Waals surface area contributed by atoms with Crippen molar-refractivity contribution in [1.29, 1.82) is 0 Å². The third kappa shape index (κ3) is 2.48. The molecule has 0 N–H and O–H groups in total. The van der Waals surface area contributed by atoms with E-state index in [1.165, 1.54) is 23.5 Å². The number of rotatable bonds is 2. The number of hydrogen-bond acceptors (Lipinski definition) is 3. The highest BCUT2D eigenvalue weighted by Gasteiger charge is 2.22. The fourth-order valence-corrected chi connectivity index (χ4v) is 3.53. The second kappa shape index (κ2) is 5.37. The van der Waals surface area contributed by atoms with Crippen molar-refractivity contribution in [2.45, 2.75) is 25.8 Å². The highest BCUT2D eigenvalue weighted by molar-refractivity contribution is 5.85. The van der Waals surface area contributed by atoms with Crippen molar-refractivity contribution in [3.05, 3.63) is 42.1 Å². The molecule has 3 heterocycles. The average molecular weight is 313 g/mol. The van der Waals surface area contributed by atoms with Crippen LogP contribution in [0.2, 0.25) is 0 Å². The maximum atomic E-state index is 13.1. The van der Waals surface area contributed by atoms with Crippen LogP contribution in [0.4, 0.5) is 10.1 Å². The Bertz CT molecular complexity index is 842. The van der Waals surface area contributed by atoms with Crippen molar-refractivity contribution in [2.75, 3.05) is 18.0 Å². The Morgan fingerprint density at radius 1 is 1.22 bits per heavy atom. The van der Waals surface area contributed by atoms with Crippen molar-refractivity contribution in [1.82, 2.24) is 19.6 Å². The number of benzene rings is 1. The normalized spacial score (nSPS) is 16.4. The largest absolute Gasteiger partial charge is 0.371 e. The van der Waals surface area contributed by atoms with Gasteiger partial charge in [0.2, 0.25) is 0 Å². The Balaban J connectivity index is 1.53. The molecule has 3 aromatic rings. The fourth-order valence-electron chi connectivity index (χ4n) is 3.53. The van der Waals surface area contributed by atoms with Gasteiger partial charge in [0, 0.05) is 31.2 Å². The minimum Gasteiger partial charge on any atom is -0.371 e. The van der Waals surface area contributed by atoms with Crippen LogP contribution in [-0.4, -0.2) is 32.7 Å². The first-order chi connectivity index (χ1) is 11.1. The summed E-state index contributed by atoms with van der Waals surface area (Å²) in [6.07, 6.45) is 4.73. The lowest BCUT2D eigenvalue weighted by Crippen LogP contribution is -2.34. The van der Waals surface area contributed by atoms with E-state index in [0.29, 0.717) is 6.04 Å². The zero-order chi connectivity index (χ0) is 16.0. The number of piperidine rings is 1. The average Bonchev–Trinajstić information content (AvgIpc) is 3.12. The lowest BCUT2D eigenvalue weighted by molar-refractivity contribution is 0.365. The zero-order valence-corrected chi connectivity index (χ0v) is 13.4. The predicted molar refractivity (Wildman–Crippen MR) is 88.1 cm³/mol. The Labute approximate surface area is 134 Å². The summed E-state index contributed by atoms with van der Waals surface area (Å²) in [7, 11) is 1.98. The molecule has 0 bridgehead atoms. The molecular weight excluding hydrogens is 293 g/mol. The van der Waals surface area contributed by atoms with E-state index in [1.807, 2.05) is 18.7 Å². The summed E-state index contributed by atoms with van der Waals surface area (Å²) in [6.45, 7) is 3.94. The predicted octanol–water partition coefficient (Wildman–Crippen LogP) is 3.06. The highest BCUT2D eigenvalue weighted by Crippen LogP contribution is 2.29. The van der Waals surface area contributed by atoms with Gasteiger partial charge in [0.05, 0.1) is 29.6 Å². The molecule has 5 nitrogen and oxygen atoms in total. The topological polar surface area (TPSA) is 38.9 Å². The summed E-state index contributed by atoms with van der Waals surface area (Å²) in [5.41, 5.74) is 3.45. The number of nitrogens with zero attached hydrogens (tertiary/aromatic N) is 5. The quantitative estimate of drug-likeness (QED) is 0.730. The molecular formula is C17H20FN5. The number of anilines is 1. The molecule has 0 unspecified atom stereocenters. The molecule has 0 atom stereocenters. The highest BCUT2D eigenvalue weighted by atomic mass is 19.1. The molecule has 1 aromatic carbocycles. The molecule has 0 spiro atoms. The molecule has 1 aliphatic rings. The second-order valence-electron chi connectivity index (χ2n) is 6.27. The molecule has 23 heavy (non-hydrogen) atoms. The lowest BCUT2D eigenvalue weighted by atomic mass is 10.0. The van der Waals surface area contributed by atoms with Crippen molar-refractivity contribution in [3.8, 4) is 0 Å². The third-order valence-electron chi connectivity index (χ3n) is 4.79. The first-order valence-corrected chi connectivity index (χ1v) is 8.00. The molecule has 4 rings (SSSR count). The van der Waals surface area contributed by atoms with Crippen molar-refractivity contribution in [2.24, 2.45) is 7.05 Å². The summed E-state index contributed by atoms with van der Waals surface area (Å²) >= 11 is 0. The van der Waals surface area contributed by atoms with Crippen molar-refractivity contribution >= 4 is 16.6 Å². The van der Waals surface area contributed by atoms with Crippen LogP contribution < -0.4 is 4.90 Å².